The van der Waals surface area contributed by atoms with Crippen molar-refractivity contribution in [3.05, 3.63) is 18.3 Å². The summed E-state index contributed by atoms with van der Waals surface area (Å²) >= 11 is 1.06. The zero-order valence-electron chi connectivity index (χ0n) is 4.33. The topological polar surface area (TPSA) is 38.9 Å². The van der Waals surface area contributed by atoms with Crippen molar-refractivity contribution >= 4 is 31.9 Å². The summed E-state index contributed by atoms with van der Waals surface area (Å²) in [5.74, 6) is 0. The van der Waals surface area contributed by atoms with Crippen LogP contribution in [0.5, 0.6) is 0 Å². The van der Waals surface area contributed by atoms with Crippen molar-refractivity contribution in [2.24, 2.45) is 0 Å². The van der Waals surface area contributed by atoms with Gasteiger partial charge in [-0.05, 0) is 0 Å². The normalized spacial score (nSPS) is 9.12. The van der Waals surface area contributed by atoms with Gasteiger partial charge in [0.1, 0.15) is 0 Å². The van der Waals surface area contributed by atoms with Crippen LogP contribution in [0.15, 0.2) is 18.3 Å². The number of pyridine rings is 1. The molecule has 1 rings (SSSR count). The van der Waals surface area contributed by atoms with E-state index in [1.54, 1.807) is 6.20 Å². The summed E-state index contributed by atoms with van der Waals surface area (Å²) in [5.41, 5.74) is 6.12. The fraction of sp³-hybridized carbons (Fsp3) is 0. The zero-order chi connectivity index (χ0) is 5.98. The summed E-state index contributed by atoms with van der Waals surface area (Å²) in [6.07, 6.45) is 1.68. The predicted octanol–water partition coefficient (Wildman–Crippen LogP) is -0.810. The van der Waals surface area contributed by atoms with Crippen LogP contribution >= 0.6 is 0 Å². The van der Waals surface area contributed by atoms with Crippen molar-refractivity contribution in [3.63, 3.8) is 0 Å². The van der Waals surface area contributed by atoms with Crippen molar-refractivity contribution < 1.29 is 0 Å². The van der Waals surface area contributed by atoms with Gasteiger partial charge in [0.05, 0.1) is 0 Å². The molecule has 2 N–H and O–H groups in total. The number of nitrogens with zero attached hydrogens (tertiary/aromatic N) is 1. The SMILES string of the molecule is Nc1cc[c]([SnH])nc1. The first-order valence-electron chi connectivity index (χ1n) is 2.26. The van der Waals surface area contributed by atoms with Crippen LogP contribution in [0.3, 0.4) is 0 Å². The molecule has 2 radical (unpaired) electrons. The molecule has 40 valence electrons. The van der Waals surface area contributed by atoms with Crippen molar-refractivity contribution in [1.29, 1.82) is 0 Å². The molecule has 0 aliphatic carbocycles. The fourth-order valence-electron chi connectivity index (χ4n) is 0.417. The molecular weight excluding hydrogens is 207 g/mol. The van der Waals surface area contributed by atoms with E-state index in [2.05, 4.69) is 4.98 Å². The average Bonchev–Trinajstić information content (AvgIpc) is 1.77. The van der Waals surface area contributed by atoms with Crippen molar-refractivity contribution in [3.8, 4) is 0 Å². The minimum atomic E-state index is 0.739. The number of nitrogens with two attached hydrogens (primary N) is 1. The number of nitrogen functional groups attached to an aromatic ring is 1. The Labute approximate surface area is 61.2 Å². The van der Waals surface area contributed by atoms with Crippen LogP contribution < -0.4 is 9.44 Å². The first-order chi connectivity index (χ1) is 3.79. The standard InChI is InChI=1S/C5H5N2.Sn.H/c6-5-2-1-3-7-4-5;;/h1-2,4H,6H2;;. The summed E-state index contributed by atoms with van der Waals surface area (Å²) in [5, 5.41) is 0. The molecule has 0 atom stereocenters. The number of hydrogen-bond donors (Lipinski definition) is 1. The second-order valence-electron chi connectivity index (χ2n) is 1.52. The van der Waals surface area contributed by atoms with Gasteiger partial charge in [0, 0.05) is 0 Å². The molecule has 0 saturated carbocycles. The van der Waals surface area contributed by atoms with Crippen LogP contribution in [0.4, 0.5) is 5.69 Å². The van der Waals surface area contributed by atoms with E-state index in [0.717, 1.165) is 31.9 Å². The van der Waals surface area contributed by atoms with Crippen LogP contribution in [0.25, 0.3) is 0 Å². The van der Waals surface area contributed by atoms with Crippen molar-refractivity contribution in [1.82, 2.24) is 4.98 Å². The summed E-state index contributed by atoms with van der Waals surface area (Å²) in [4.78, 5) is 4.01. The monoisotopic (exact) mass is 214 g/mol. The maximum atomic E-state index is 5.38. The van der Waals surface area contributed by atoms with Gasteiger partial charge in [0.25, 0.3) is 0 Å². The Kier molecular flexibility index (Phi) is 1.72. The molecule has 0 aromatic carbocycles. The van der Waals surface area contributed by atoms with Gasteiger partial charge in [-0.15, -0.1) is 0 Å². The zero-order valence-corrected chi connectivity index (χ0v) is 7.63. The summed E-state index contributed by atoms with van der Waals surface area (Å²) in [6, 6.07) is 3.81. The molecule has 0 amide bonds. The number of rotatable bonds is 0. The van der Waals surface area contributed by atoms with Crippen LogP contribution in [0.1, 0.15) is 0 Å². The second kappa shape index (κ2) is 2.35. The first kappa shape index (κ1) is 5.88. The number of aromatic nitrogens is 1. The Morgan fingerprint density at radius 2 is 2.25 bits per heavy atom. The Bertz CT molecular complexity index is 149. The van der Waals surface area contributed by atoms with Gasteiger partial charge in [0.15, 0.2) is 0 Å². The number of anilines is 1. The maximum absolute atomic E-state index is 5.38. The Hall–Kier alpha value is -0.251. The number of hydrogen-bond acceptors (Lipinski definition) is 2. The van der Waals surface area contributed by atoms with E-state index < -0.39 is 0 Å². The molecule has 1 aromatic heterocycles. The van der Waals surface area contributed by atoms with Gasteiger partial charge < -0.3 is 0 Å². The van der Waals surface area contributed by atoms with Gasteiger partial charge in [-0.3, -0.25) is 0 Å². The third-order valence-electron chi connectivity index (χ3n) is 0.809. The second-order valence-corrected chi connectivity index (χ2v) is 3.20. The molecule has 8 heavy (non-hydrogen) atoms. The van der Waals surface area contributed by atoms with Crippen LogP contribution in [0, 0.1) is 0 Å². The third kappa shape index (κ3) is 1.36. The molecule has 3 heteroatoms. The fourth-order valence-corrected chi connectivity index (χ4v) is 0.904. The van der Waals surface area contributed by atoms with Crippen LogP contribution in [0.2, 0.25) is 0 Å². The van der Waals surface area contributed by atoms with Crippen molar-refractivity contribution in [2.75, 3.05) is 5.73 Å². The molecular formula is C5H6N2Sn. The molecule has 1 aromatic rings. The van der Waals surface area contributed by atoms with Gasteiger partial charge in [0.2, 0.25) is 0 Å². The summed E-state index contributed by atoms with van der Waals surface area (Å²) < 4.78 is 1.13. The van der Waals surface area contributed by atoms with E-state index in [0.29, 0.717) is 0 Å². The third-order valence-corrected chi connectivity index (χ3v) is 1.78. The van der Waals surface area contributed by atoms with E-state index in [9.17, 15) is 0 Å². The van der Waals surface area contributed by atoms with Crippen LogP contribution in [-0.2, 0) is 0 Å². The summed E-state index contributed by atoms with van der Waals surface area (Å²) in [7, 11) is 0. The molecule has 0 aliphatic heterocycles. The quantitative estimate of drug-likeness (QED) is 0.572. The molecule has 0 fully saturated rings. The average molecular weight is 213 g/mol. The molecule has 0 bridgehead atoms. The Morgan fingerprint density at radius 1 is 1.50 bits per heavy atom. The van der Waals surface area contributed by atoms with E-state index in [1.807, 2.05) is 12.1 Å². The molecule has 0 spiro atoms. The van der Waals surface area contributed by atoms with E-state index in [1.165, 1.54) is 0 Å². The van der Waals surface area contributed by atoms with Gasteiger partial charge in [-0.2, -0.15) is 0 Å². The van der Waals surface area contributed by atoms with Gasteiger partial charge in [-0.1, -0.05) is 0 Å². The predicted molar refractivity (Wildman–Crippen MR) is 35.4 cm³/mol. The Balaban J connectivity index is 3.03. The Morgan fingerprint density at radius 3 is 2.62 bits per heavy atom. The van der Waals surface area contributed by atoms with E-state index >= 15 is 0 Å². The van der Waals surface area contributed by atoms with Gasteiger partial charge >= 0.3 is 61.0 Å². The van der Waals surface area contributed by atoms with Crippen molar-refractivity contribution in [2.45, 2.75) is 0 Å². The molecule has 0 unspecified atom stereocenters. The summed E-state index contributed by atoms with van der Waals surface area (Å²) in [6.45, 7) is 0. The van der Waals surface area contributed by atoms with E-state index in [-0.39, 0.29) is 0 Å². The minimum absolute atomic E-state index is 0.739. The molecule has 1 heterocycles. The molecule has 0 aliphatic rings. The van der Waals surface area contributed by atoms with E-state index in [4.69, 9.17) is 5.73 Å². The molecule has 0 saturated heterocycles. The first-order valence-corrected chi connectivity index (χ1v) is 3.91. The van der Waals surface area contributed by atoms with Gasteiger partial charge in [-0.25, -0.2) is 0 Å². The van der Waals surface area contributed by atoms with Crippen LogP contribution in [-0.4, -0.2) is 27.5 Å². The molecule has 2 nitrogen and oxygen atoms in total.